The molecule has 1 unspecified atom stereocenters. The van der Waals surface area contributed by atoms with Gasteiger partial charge in [-0.2, -0.15) is 0 Å². The molecule has 2 rings (SSSR count). The highest BCUT2D eigenvalue weighted by atomic mass is 16.2. The van der Waals surface area contributed by atoms with Crippen molar-refractivity contribution in [1.29, 1.82) is 0 Å². The van der Waals surface area contributed by atoms with Crippen molar-refractivity contribution >= 4 is 24.3 Å². The van der Waals surface area contributed by atoms with E-state index in [0.717, 1.165) is 24.4 Å². The third-order valence-electron chi connectivity index (χ3n) is 3.85. The van der Waals surface area contributed by atoms with Gasteiger partial charge in [-0.3, -0.25) is 9.79 Å². The van der Waals surface area contributed by atoms with Crippen molar-refractivity contribution in [2.75, 3.05) is 20.1 Å². The van der Waals surface area contributed by atoms with Crippen molar-refractivity contribution < 1.29 is 4.79 Å². The van der Waals surface area contributed by atoms with Gasteiger partial charge in [0.25, 0.3) is 0 Å². The molecule has 0 spiro atoms. The molecule has 2 N–H and O–H groups in total. The number of aromatic nitrogens is 1. The van der Waals surface area contributed by atoms with Gasteiger partial charge in [-0.15, -0.1) is 0 Å². The monoisotopic (exact) mass is 301 g/mol. The molecular weight excluding hydrogens is 278 g/mol. The van der Waals surface area contributed by atoms with Gasteiger partial charge in [0.15, 0.2) is 0 Å². The highest BCUT2D eigenvalue weighted by Crippen LogP contribution is 2.20. The first-order valence-electron chi connectivity index (χ1n) is 7.38. The predicted molar refractivity (Wildman–Crippen MR) is 89.9 cm³/mol. The van der Waals surface area contributed by atoms with Gasteiger partial charge in [-0.25, -0.2) is 4.99 Å². The summed E-state index contributed by atoms with van der Waals surface area (Å²) in [4.78, 5) is 25.0. The maximum absolute atomic E-state index is 11.9. The molecule has 0 radical (unpaired) electrons. The third kappa shape index (κ3) is 3.44. The molecule has 0 aliphatic carbocycles. The summed E-state index contributed by atoms with van der Waals surface area (Å²) in [6.45, 7) is 10.7. The van der Waals surface area contributed by atoms with E-state index in [1.54, 1.807) is 7.05 Å². The molecule has 6 nitrogen and oxygen atoms in total. The highest BCUT2D eigenvalue weighted by Gasteiger charge is 2.27. The molecule has 2 atom stereocenters. The number of rotatable bonds is 4. The lowest BCUT2D eigenvalue weighted by atomic mass is 9.95. The van der Waals surface area contributed by atoms with Gasteiger partial charge in [0.2, 0.25) is 5.91 Å². The predicted octanol–water partition coefficient (Wildman–Crippen LogP) is 1.74. The van der Waals surface area contributed by atoms with E-state index < -0.39 is 0 Å². The number of amidine groups is 1. The molecule has 1 aromatic rings. The Balaban J connectivity index is 2.12. The molecule has 0 saturated carbocycles. The second-order valence-electron chi connectivity index (χ2n) is 5.60. The van der Waals surface area contributed by atoms with Crippen molar-refractivity contribution in [2.24, 2.45) is 15.9 Å². The van der Waals surface area contributed by atoms with Crippen LogP contribution in [0.1, 0.15) is 18.9 Å². The molecule has 1 aromatic heterocycles. The fraction of sp³-hybridized carbons (Fsp3) is 0.438. The first kappa shape index (κ1) is 16.0. The SMILES string of the molecule is C=CC(=O)N1CC(N/C(=N/C)c2cc[nH]c2N=C)C[C@H](C)C1. The Morgan fingerprint density at radius 2 is 2.32 bits per heavy atom. The summed E-state index contributed by atoms with van der Waals surface area (Å²) >= 11 is 0. The minimum atomic E-state index is -0.0246. The van der Waals surface area contributed by atoms with Crippen molar-refractivity contribution in [3.8, 4) is 0 Å². The zero-order valence-electron chi connectivity index (χ0n) is 13.2. The number of aromatic amines is 1. The molecule has 0 bridgehead atoms. The lowest BCUT2D eigenvalue weighted by Crippen LogP contribution is -2.51. The highest BCUT2D eigenvalue weighted by molar-refractivity contribution is 6.02. The number of likely N-dealkylation sites (tertiary alicyclic amines) is 1. The Bertz CT molecular complexity index is 589. The summed E-state index contributed by atoms with van der Waals surface area (Å²) < 4.78 is 0. The lowest BCUT2D eigenvalue weighted by Gasteiger charge is -2.36. The van der Waals surface area contributed by atoms with Crippen LogP contribution in [0.25, 0.3) is 0 Å². The molecule has 1 aliphatic heterocycles. The van der Waals surface area contributed by atoms with Gasteiger partial charge < -0.3 is 15.2 Å². The van der Waals surface area contributed by atoms with Crippen molar-refractivity contribution in [2.45, 2.75) is 19.4 Å². The minimum absolute atomic E-state index is 0.0246. The van der Waals surface area contributed by atoms with Gasteiger partial charge in [0.05, 0.1) is 5.56 Å². The summed E-state index contributed by atoms with van der Waals surface area (Å²) in [5.74, 6) is 1.85. The number of H-pyrrole nitrogens is 1. The van der Waals surface area contributed by atoms with E-state index in [1.807, 2.05) is 17.2 Å². The van der Waals surface area contributed by atoms with Crippen LogP contribution < -0.4 is 5.32 Å². The molecule has 1 fully saturated rings. The number of piperidine rings is 1. The maximum atomic E-state index is 11.9. The van der Waals surface area contributed by atoms with E-state index >= 15 is 0 Å². The van der Waals surface area contributed by atoms with Gasteiger partial charge in [-0.1, -0.05) is 13.5 Å². The Labute approximate surface area is 131 Å². The summed E-state index contributed by atoms with van der Waals surface area (Å²) in [5.41, 5.74) is 0.886. The first-order chi connectivity index (χ1) is 10.6. The van der Waals surface area contributed by atoms with E-state index in [2.05, 4.69) is 40.5 Å². The lowest BCUT2D eigenvalue weighted by molar-refractivity contribution is -0.128. The van der Waals surface area contributed by atoms with E-state index in [0.29, 0.717) is 18.3 Å². The van der Waals surface area contributed by atoms with E-state index in [9.17, 15) is 4.79 Å². The molecule has 1 aliphatic rings. The molecular formula is C16H23N5O. The molecule has 0 aromatic carbocycles. The maximum Gasteiger partial charge on any atom is 0.246 e. The van der Waals surface area contributed by atoms with Crippen LogP contribution in [0.15, 0.2) is 34.9 Å². The van der Waals surface area contributed by atoms with Crippen molar-refractivity contribution in [3.05, 3.63) is 30.5 Å². The van der Waals surface area contributed by atoms with Crippen LogP contribution in [0, 0.1) is 5.92 Å². The summed E-state index contributed by atoms with van der Waals surface area (Å²) in [6.07, 6.45) is 4.17. The molecule has 1 amide bonds. The molecule has 1 saturated heterocycles. The summed E-state index contributed by atoms with van der Waals surface area (Å²) in [6, 6.07) is 2.07. The van der Waals surface area contributed by atoms with Gasteiger partial charge >= 0.3 is 0 Å². The number of carbonyl (C=O) groups is 1. The fourth-order valence-electron chi connectivity index (χ4n) is 2.90. The average molecular weight is 301 g/mol. The fourth-order valence-corrected chi connectivity index (χ4v) is 2.90. The second kappa shape index (κ2) is 7.06. The topological polar surface area (TPSA) is 72.8 Å². The minimum Gasteiger partial charge on any atom is -0.365 e. The zero-order valence-corrected chi connectivity index (χ0v) is 13.2. The largest absolute Gasteiger partial charge is 0.365 e. The van der Waals surface area contributed by atoms with Gasteiger partial charge in [0.1, 0.15) is 11.7 Å². The number of nitrogens with one attached hydrogen (secondary N) is 2. The van der Waals surface area contributed by atoms with Crippen molar-refractivity contribution in [1.82, 2.24) is 15.2 Å². The quantitative estimate of drug-likeness (QED) is 0.505. The van der Waals surface area contributed by atoms with E-state index in [4.69, 9.17) is 0 Å². The smallest absolute Gasteiger partial charge is 0.246 e. The van der Waals surface area contributed by atoms with Gasteiger partial charge in [0, 0.05) is 32.4 Å². The van der Waals surface area contributed by atoms with E-state index in [1.165, 1.54) is 6.08 Å². The second-order valence-corrected chi connectivity index (χ2v) is 5.60. The molecule has 6 heteroatoms. The standard InChI is InChI=1S/C16H23N5O/c1-5-14(22)21-9-11(2)8-12(10-21)20-16(18-4)13-6-7-19-15(13)17-3/h5-7,11-12,19H,1,3,8-10H2,2,4H3,(H,18,20)/t11-,12?/m0/s1. The first-order valence-corrected chi connectivity index (χ1v) is 7.38. The zero-order chi connectivity index (χ0) is 16.1. The van der Waals surface area contributed by atoms with E-state index in [-0.39, 0.29) is 11.9 Å². The molecule has 118 valence electrons. The number of nitrogens with zero attached hydrogens (tertiary/aromatic N) is 3. The van der Waals surface area contributed by atoms with Crippen LogP contribution in [0.3, 0.4) is 0 Å². The average Bonchev–Trinajstić information content (AvgIpc) is 2.99. The van der Waals surface area contributed by atoms with Gasteiger partial charge in [-0.05, 0) is 31.2 Å². The van der Waals surface area contributed by atoms with Crippen LogP contribution in [0.4, 0.5) is 5.82 Å². The van der Waals surface area contributed by atoms with Crippen LogP contribution in [-0.4, -0.2) is 54.5 Å². The van der Waals surface area contributed by atoms with Crippen LogP contribution in [0.5, 0.6) is 0 Å². The Morgan fingerprint density at radius 1 is 1.55 bits per heavy atom. The molecule has 22 heavy (non-hydrogen) atoms. The molecule has 2 heterocycles. The Hall–Kier alpha value is -2.37. The van der Waals surface area contributed by atoms with Crippen LogP contribution in [0.2, 0.25) is 0 Å². The summed E-state index contributed by atoms with van der Waals surface area (Å²) in [5, 5.41) is 3.44. The normalized spacial score (nSPS) is 22.3. The van der Waals surface area contributed by atoms with Crippen LogP contribution in [-0.2, 0) is 4.79 Å². The number of amides is 1. The Morgan fingerprint density at radius 3 is 2.95 bits per heavy atom. The number of carbonyl (C=O) groups excluding carboxylic acids is 1. The number of hydrogen-bond acceptors (Lipinski definition) is 3. The van der Waals surface area contributed by atoms with Crippen molar-refractivity contribution in [3.63, 3.8) is 0 Å². The third-order valence-corrected chi connectivity index (χ3v) is 3.85. The summed E-state index contributed by atoms with van der Waals surface area (Å²) in [7, 11) is 1.74. The van der Waals surface area contributed by atoms with Crippen LogP contribution >= 0.6 is 0 Å². The number of aliphatic imine (C=N–C) groups is 2. The number of hydrogen-bond donors (Lipinski definition) is 2. The Kier molecular flexibility index (Phi) is 5.14.